The first-order chi connectivity index (χ1) is 19.1. The lowest BCUT2D eigenvalue weighted by Gasteiger charge is -2.20. The highest BCUT2D eigenvalue weighted by molar-refractivity contribution is 6.02. The number of fused-ring (bicyclic) bond motifs is 2. The van der Waals surface area contributed by atoms with Crippen LogP contribution in [0.4, 0.5) is 23.2 Å². The number of aromatic amines is 2. The number of halogens is 4. The topological polar surface area (TPSA) is 123 Å². The molecule has 2 aromatic heterocycles. The number of H-pyrrole nitrogens is 2. The molecule has 1 aromatic carbocycles. The minimum absolute atomic E-state index is 0.0783. The zero-order valence-electron chi connectivity index (χ0n) is 22.3. The summed E-state index contributed by atoms with van der Waals surface area (Å²) in [5, 5.41) is 2.92. The molecule has 0 fully saturated rings. The average Bonchev–Trinajstić information content (AvgIpc) is 3.47. The fourth-order valence-electron chi connectivity index (χ4n) is 4.70. The van der Waals surface area contributed by atoms with E-state index in [1.165, 1.54) is 13.2 Å². The van der Waals surface area contributed by atoms with Crippen LogP contribution in [0.5, 0.6) is 0 Å². The second-order valence-corrected chi connectivity index (χ2v) is 9.61. The molecule has 1 aliphatic carbocycles. The molecule has 214 valence electrons. The number of carbonyl (C=O) groups excluding carboxylic acids is 1. The zero-order valence-corrected chi connectivity index (χ0v) is 22.3. The van der Waals surface area contributed by atoms with Gasteiger partial charge in [-0.25, -0.2) is 22.5 Å². The molecule has 1 aliphatic heterocycles. The van der Waals surface area contributed by atoms with E-state index >= 15 is 0 Å². The van der Waals surface area contributed by atoms with E-state index in [4.69, 9.17) is 0 Å². The van der Waals surface area contributed by atoms with Crippen LogP contribution >= 0.6 is 0 Å². The number of aromatic nitrogens is 3. The number of pyridine rings is 1. The Hall–Kier alpha value is -3.97. The molecule has 3 heterocycles. The number of carbonyl (C=O) groups is 1. The van der Waals surface area contributed by atoms with Crippen LogP contribution in [-0.2, 0) is 6.54 Å². The van der Waals surface area contributed by atoms with Gasteiger partial charge in [-0.15, -0.1) is 0 Å². The van der Waals surface area contributed by atoms with Crippen LogP contribution < -0.4 is 16.6 Å². The molecule has 40 heavy (non-hydrogen) atoms. The average molecular weight is 562 g/mol. The van der Waals surface area contributed by atoms with Gasteiger partial charge in [0.1, 0.15) is 11.4 Å². The summed E-state index contributed by atoms with van der Waals surface area (Å²) in [7, 11) is 5.38. The van der Waals surface area contributed by atoms with Crippen molar-refractivity contribution in [1.82, 2.24) is 24.8 Å². The molecule has 1 amide bonds. The van der Waals surface area contributed by atoms with Crippen molar-refractivity contribution in [2.45, 2.75) is 25.3 Å². The lowest BCUT2D eigenvalue weighted by Crippen LogP contribution is -2.31. The smallest absolute Gasteiger partial charge is 0.261 e. The maximum absolute atomic E-state index is 14.1. The molecule has 5 rings (SSSR count). The monoisotopic (exact) mass is 561 g/mol. The third kappa shape index (κ3) is 5.65. The van der Waals surface area contributed by atoms with Crippen LogP contribution in [-0.4, -0.2) is 83.8 Å². The molecule has 2 unspecified atom stereocenters. The van der Waals surface area contributed by atoms with Crippen LogP contribution in [0.3, 0.4) is 0 Å². The number of alkyl halides is 2. The first-order valence-electron chi connectivity index (χ1n) is 12.7. The first kappa shape index (κ1) is 29.0. The number of hydrogen-bond acceptors (Lipinski definition) is 6. The summed E-state index contributed by atoms with van der Waals surface area (Å²) >= 11 is 0. The van der Waals surface area contributed by atoms with Gasteiger partial charge >= 0.3 is 0 Å². The molecule has 13 heteroatoms. The predicted octanol–water partition coefficient (Wildman–Crippen LogP) is 3.58. The van der Waals surface area contributed by atoms with E-state index in [9.17, 15) is 27.2 Å². The molecule has 0 saturated heterocycles. The highest BCUT2D eigenvalue weighted by atomic mass is 19.2. The van der Waals surface area contributed by atoms with Crippen molar-refractivity contribution in [2.24, 2.45) is 5.73 Å². The summed E-state index contributed by atoms with van der Waals surface area (Å²) in [6.07, 6.45) is -3.19. The van der Waals surface area contributed by atoms with Gasteiger partial charge in [-0.3, -0.25) is 9.59 Å². The van der Waals surface area contributed by atoms with E-state index in [-0.39, 0.29) is 36.3 Å². The molecular weight excluding hydrogens is 530 g/mol. The molecular formula is C27H31F4N7O2. The Balaban J connectivity index is 0.00000181. The van der Waals surface area contributed by atoms with E-state index in [1.807, 2.05) is 25.1 Å². The van der Waals surface area contributed by atoms with Gasteiger partial charge in [0, 0.05) is 43.5 Å². The lowest BCUT2D eigenvalue weighted by atomic mass is 9.97. The fourth-order valence-corrected chi connectivity index (χ4v) is 4.70. The Morgan fingerprint density at radius 3 is 2.67 bits per heavy atom. The van der Waals surface area contributed by atoms with Crippen molar-refractivity contribution in [3.05, 3.63) is 69.2 Å². The first-order valence-corrected chi connectivity index (χ1v) is 12.7. The van der Waals surface area contributed by atoms with Crippen LogP contribution in [0.2, 0.25) is 0 Å². The Morgan fingerprint density at radius 2 is 1.95 bits per heavy atom. The summed E-state index contributed by atoms with van der Waals surface area (Å²) in [4.78, 5) is 39.6. The van der Waals surface area contributed by atoms with E-state index in [0.717, 1.165) is 12.1 Å². The van der Waals surface area contributed by atoms with Gasteiger partial charge in [-0.2, -0.15) is 0 Å². The van der Waals surface area contributed by atoms with Crippen LogP contribution in [0, 0.1) is 0 Å². The molecule has 2 atom stereocenters. The number of rotatable bonds is 8. The van der Waals surface area contributed by atoms with Gasteiger partial charge in [-0.05, 0) is 57.4 Å². The molecule has 0 saturated carbocycles. The normalized spacial score (nSPS) is 18.7. The number of likely N-dealkylation sites (N-methyl/N-ethyl adjacent to an activating group) is 1. The number of nitrogens with two attached hydrogens (primary N) is 1. The van der Waals surface area contributed by atoms with Crippen molar-refractivity contribution in [3.63, 3.8) is 0 Å². The van der Waals surface area contributed by atoms with Crippen molar-refractivity contribution in [3.8, 4) is 11.4 Å². The number of nitrogens with zero attached hydrogens (tertiary/aromatic N) is 3. The van der Waals surface area contributed by atoms with Gasteiger partial charge in [-0.1, -0.05) is 0 Å². The Morgan fingerprint density at radius 1 is 1.20 bits per heavy atom. The molecule has 5 N–H and O–H groups in total. The molecule has 0 bridgehead atoms. The van der Waals surface area contributed by atoms with Gasteiger partial charge < -0.3 is 30.8 Å². The minimum Gasteiger partial charge on any atom is -0.384 e. The van der Waals surface area contributed by atoms with Crippen LogP contribution in [0.15, 0.2) is 52.5 Å². The number of hydrogen-bond donors (Lipinski definition) is 4. The van der Waals surface area contributed by atoms with Crippen molar-refractivity contribution in [2.75, 3.05) is 46.1 Å². The van der Waals surface area contributed by atoms with Gasteiger partial charge in [0.15, 0.2) is 24.0 Å². The maximum atomic E-state index is 14.1. The van der Waals surface area contributed by atoms with Crippen molar-refractivity contribution in [1.29, 1.82) is 0 Å². The number of benzene rings is 1. The highest BCUT2D eigenvalue weighted by Crippen LogP contribution is 2.34. The van der Waals surface area contributed by atoms with Crippen molar-refractivity contribution >= 4 is 22.6 Å². The van der Waals surface area contributed by atoms with Crippen LogP contribution in [0.25, 0.3) is 22.4 Å². The second-order valence-electron chi connectivity index (χ2n) is 9.61. The third-order valence-corrected chi connectivity index (χ3v) is 6.72. The van der Waals surface area contributed by atoms with E-state index in [1.54, 1.807) is 17.0 Å². The Labute approximate surface area is 227 Å². The largest absolute Gasteiger partial charge is 0.384 e. The number of anilines is 1. The SMILES string of the molecule is CN.CN(C)CCN1Cc2cc3[nH]c(-c4c(NCCC5=C(F)C(F)=CC(F)C5F)cc[nH]c4=O)nc3cc2C1=O. The van der Waals surface area contributed by atoms with E-state index in [0.29, 0.717) is 35.4 Å². The highest BCUT2D eigenvalue weighted by Gasteiger charge is 2.33. The molecule has 2 aliphatic rings. The molecule has 3 aromatic rings. The minimum atomic E-state index is -2.28. The van der Waals surface area contributed by atoms with Crippen LogP contribution in [0.1, 0.15) is 22.3 Å². The molecule has 9 nitrogen and oxygen atoms in total. The summed E-state index contributed by atoms with van der Waals surface area (Å²) < 4.78 is 55.4. The van der Waals surface area contributed by atoms with Gasteiger partial charge in [0.25, 0.3) is 11.5 Å². The molecule has 0 spiro atoms. The maximum Gasteiger partial charge on any atom is 0.261 e. The summed E-state index contributed by atoms with van der Waals surface area (Å²) in [6.45, 7) is 1.72. The third-order valence-electron chi connectivity index (χ3n) is 6.72. The number of allylic oxidation sites excluding steroid dienone is 3. The Kier molecular flexibility index (Phi) is 8.74. The second kappa shape index (κ2) is 12.0. The van der Waals surface area contributed by atoms with Crippen molar-refractivity contribution < 1.29 is 22.4 Å². The standard InChI is InChI=1S/C26H26F4N6O2.CH5N/c1-35(2)7-8-36-12-13-9-19-20(10-15(13)26(36)38)34-24(33-19)21-18(4-6-32-25(21)37)31-5-3-14-22(29)16(27)11-17(28)23(14)30;1-2/h4,6,9-11,16,22H,3,5,7-8,12H2,1-2H3,(H,33,34)(H2,31,32,37);2H2,1H3. The lowest BCUT2D eigenvalue weighted by molar-refractivity contribution is 0.0768. The Bertz CT molecular complexity index is 1530. The summed E-state index contributed by atoms with van der Waals surface area (Å²) in [6, 6.07) is 5.09. The van der Waals surface area contributed by atoms with Gasteiger partial charge in [0.2, 0.25) is 0 Å². The van der Waals surface area contributed by atoms with E-state index < -0.39 is 35.1 Å². The molecule has 0 radical (unpaired) electrons. The number of imidazole rings is 1. The fraction of sp³-hybridized carbons (Fsp3) is 0.370. The zero-order chi connectivity index (χ0) is 29.1. The number of nitrogens with one attached hydrogen (secondary N) is 3. The quantitative estimate of drug-likeness (QED) is 0.312. The van der Waals surface area contributed by atoms with Gasteiger partial charge in [0.05, 0.1) is 16.7 Å². The van der Waals surface area contributed by atoms with E-state index in [2.05, 4.69) is 26.0 Å². The summed E-state index contributed by atoms with van der Waals surface area (Å²) in [5.74, 6) is -2.68. The predicted molar refractivity (Wildman–Crippen MR) is 146 cm³/mol. The summed E-state index contributed by atoms with van der Waals surface area (Å²) in [5.41, 5.74) is 6.43. The number of amides is 1.